The van der Waals surface area contributed by atoms with Crippen molar-refractivity contribution in [1.29, 1.82) is 0 Å². The van der Waals surface area contributed by atoms with Gasteiger partial charge in [-0.1, -0.05) is 30.3 Å². The number of sulfonamides is 1. The van der Waals surface area contributed by atoms with Gasteiger partial charge in [0.15, 0.2) is 0 Å². The van der Waals surface area contributed by atoms with E-state index in [0.29, 0.717) is 25.1 Å². The third-order valence-electron chi connectivity index (χ3n) is 4.88. The second-order valence-corrected chi connectivity index (χ2v) is 8.81. The van der Waals surface area contributed by atoms with Gasteiger partial charge in [0.05, 0.1) is 11.0 Å². The van der Waals surface area contributed by atoms with Gasteiger partial charge < -0.3 is 10.0 Å². The predicted molar refractivity (Wildman–Crippen MR) is 114 cm³/mol. The van der Waals surface area contributed by atoms with Crippen molar-refractivity contribution in [3.05, 3.63) is 65.7 Å². The molecule has 2 N–H and O–H groups in total. The number of aliphatic hydroxyl groups excluding tert-OH is 1. The largest absolute Gasteiger partial charge is 0.393 e. The van der Waals surface area contributed by atoms with Gasteiger partial charge >= 0.3 is 0 Å². The minimum Gasteiger partial charge on any atom is -0.393 e. The number of benzene rings is 2. The van der Waals surface area contributed by atoms with Crippen LogP contribution in [0.2, 0.25) is 0 Å². The third-order valence-corrected chi connectivity index (χ3v) is 6.32. The minimum absolute atomic E-state index is 0.109. The number of nitrogens with zero attached hydrogens (tertiary/aromatic N) is 1. The summed E-state index contributed by atoms with van der Waals surface area (Å²) in [6, 6.07) is 15.5. The molecule has 2 rings (SSSR count). The molecule has 6 nitrogen and oxygen atoms in total. The molecule has 0 heterocycles. The maximum absolute atomic E-state index is 12.7. The molecule has 0 aromatic heterocycles. The Balaban J connectivity index is 2.12. The highest BCUT2D eigenvalue weighted by atomic mass is 32.2. The fourth-order valence-corrected chi connectivity index (χ4v) is 4.32. The van der Waals surface area contributed by atoms with E-state index in [1.165, 1.54) is 12.1 Å². The molecule has 1 amide bonds. The van der Waals surface area contributed by atoms with E-state index in [9.17, 15) is 18.3 Å². The van der Waals surface area contributed by atoms with Gasteiger partial charge in [0.1, 0.15) is 0 Å². The van der Waals surface area contributed by atoms with Gasteiger partial charge in [-0.25, -0.2) is 13.1 Å². The standard InChI is InChI=1S/C22H30N2O4S/c1-4-24(5-2)22(26)19-11-13-21(14-12-19)29(27,28)23-16-20(15-17(3)25)18-9-7-6-8-10-18/h6-14,17,20,23,25H,4-5,15-16H2,1-3H3/t17-,20+/m0/s1. The van der Waals surface area contributed by atoms with Crippen LogP contribution in [0, 0.1) is 0 Å². The average Bonchev–Trinajstić information content (AvgIpc) is 2.72. The summed E-state index contributed by atoms with van der Waals surface area (Å²) in [5, 5.41) is 9.79. The molecular weight excluding hydrogens is 388 g/mol. The third kappa shape index (κ3) is 6.39. The fraction of sp³-hybridized carbons (Fsp3) is 0.409. The predicted octanol–water partition coefficient (Wildman–Crippen LogP) is 3.00. The molecule has 0 saturated carbocycles. The van der Waals surface area contributed by atoms with E-state index < -0.39 is 16.1 Å². The van der Waals surface area contributed by atoms with E-state index in [0.717, 1.165) is 5.56 Å². The van der Waals surface area contributed by atoms with Crippen molar-refractivity contribution in [3.8, 4) is 0 Å². The molecule has 0 aliphatic carbocycles. The number of aliphatic hydroxyl groups is 1. The van der Waals surface area contributed by atoms with Crippen molar-refractivity contribution < 1.29 is 18.3 Å². The van der Waals surface area contributed by atoms with Gasteiger partial charge in [-0.05, 0) is 62.9 Å². The van der Waals surface area contributed by atoms with Gasteiger partial charge in [0.25, 0.3) is 5.91 Å². The molecule has 158 valence electrons. The Bertz CT molecular complexity index is 877. The quantitative estimate of drug-likeness (QED) is 0.621. The molecule has 0 radical (unpaired) electrons. The summed E-state index contributed by atoms with van der Waals surface area (Å²) < 4.78 is 28.1. The molecule has 29 heavy (non-hydrogen) atoms. The molecule has 0 spiro atoms. The number of carbonyl (C=O) groups excluding carboxylic acids is 1. The van der Waals surface area contributed by atoms with Crippen molar-refractivity contribution in [2.45, 2.75) is 44.1 Å². The second kappa shape index (κ2) is 10.5. The zero-order chi connectivity index (χ0) is 21.4. The highest BCUT2D eigenvalue weighted by molar-refractivity contribution is 7.89. The van der Waals surface area contributed by atoms with Crippen LogP contribution in [-0.4, -0.2) is 50.1 Å². The lowest BCUT2D eigenvalue weighted by Gasteiger charge is -2.20. The average molecular weight is 419 g/mol. The second-order valence-electron chi connectivity index (χ2n) is 7.05. The summed E-state index contributed by atoms with van der Waals surface area (Å²) in [5.74, 6) is -0.262. The summed E-state index contributed by atoms with van der Waals surface area (Å²) in [5.41, 5.74) is 1.43. The molecule has 0 saturated heterocycles. The molecule has 2 aromatic rings. The fourth-order valence-electron chi connectivity index (χ4n) is 3.24. The van der Waals surface area contributed by atoms with Crippen LogP contribution in [0.3, 0.4) is 0 Å². The first-order valence-corrected chi connectivity index (χ1v) is 11.4. The number of rotatable bonds is 10. The lowest BCUT2D eigenvalue weighted by Crippen LogP contribution is -2.31. The first-order valence-electron chi connectivity index (χ1n) is 9.90. The van der Waals surface area contributed by atoms with Crippen LogP contribution in [0.1, 0.15) is 49.0 Å². The molecule has 2 aromatic carbocycles. The van der Waals surface area contributed by atoms with Gasteiger partial charge in [-0.3, -0.25) is 4.79 Å². The normalized spacial score (nSPS) is 13.7. The van der Waals surface area contributed by atoms with Crippen LogP contribution in [0.5, 0.6) is 0 Å². The first kappa shape index (κ1) is 23.1. The molecule has 7 heteroatoms. The van der Waals surface area contributed by atoms with Crippen LogP contribution in [0.15, 0.2) is 59.5 Å². The van der Waals surface area contributed by atoms with Crippen LogP contribution in [-0.2, 0) is 10.0 Å². The van der Waals surface area contributed by atoms with Crippen molar-refractivity contribution >= 4 is 15.9 Å². The zero-order valence-electron chi connectivity index (χ0n) is 17.2. The first-order chi connectivity index (χ1) is 13.8. The van der Waals surface area contributed by atoms with Crippen LogP contribution in [0.25, 0.3) is 0 Å². The van der Waals surface area contributed by atoms with Crippen molar-refractivity contribution in [2.24, 2.45) is 0 Å². The summed E-state index contributed by atoms with van der Waals surface area (Å²) in [4.78, 5) is 14.2. The maximum atomic E-state index is 12.7. The minimum atomic E-state index is -3.73. The molecular formula is C22H30N2O4S. The summed E-state index contributed by atoms with van der Waals surface area (Å²) >= 11 is 0. The van der Waals surface area contributed by atoms with Gasteiger partial charge in [-0.2, -0.15) is 0 Å². The number of hydrogen-bond donors (Lipinski definition) is 2. The topological polar surface area (TPSA) is 86.7 Å². The lowest BCUT2D eigenvalue weighted by molar-refractivity contribution is 0.0773. The van der Waals surface area contributed by atoms with Crippen LogP contribution >= 0.6 is 0 Å². The summed E-state index contributed by atoms with van der Waals surface area (Å²) in [7, 11) is -3.73. The molecule has 2 atom stereocenters. The van der Waals surface area contributed by atoms with Crippen LogP contribution in [0.4, 0.5) is 0 Å². The van der Waals surface area contributed by atoms with E-state index in [1.54, 1.807) is 24.0 Å². The Labute approximate surface area is 173 Å². The molecule has 0 unspecified atom stereocenters. The van der Waals surface area contributed by atoms with Crippen molar-refractivity contribution in [3.63, 3.8) is 0 Å². The Kier molecular flexibility index (Phi) is 8.37. The van der Waals surface area contributed by atoms with E-state index in [-0.39, 0.29) is 23.3 Å². The van der Waals surface area contributed by atoms with Crippen LogP contribution < -0.4 is 4.72 Å². The van der Waals surface area contributed by atoms with Gasteiger partial charge in [0.2, 0.25) is 10.0 Å². The SMILES string of the molecule is CCN(CC)C(=O)c1ccc(S(=O)(=O)NC[C@@H](C[C@H](C)O)c2ccccc2)cc1. The molecule has 0 bridgehead atoms. The zero-order valence-corrected chi connectivity index (χ0v) is 18.0. The Morgan fingerprint density at radius 2 is 1.62 bits per heavy atom. The Morgan fingerprint density at radius 3 is 2.14 bits per heavy atom. The van der Waals surface area contributed by atoms with E-state index in [2.05, 4.69) is 4.72 Å². The van der Waals surface area contributed by atoms with E-state index >= 15 is 0 Å². The smallest absolute Gasteiger partial charge is 0.253 e. The Hall–Kier alpha value is -2.22. The van der Waals surface area contributed by atoms with Crippen molar-refractivity contribution in [1.82, 2.24) is 9.62 Å². The monoisotopic (exact) mass is 418 g/mol. The highest BCUT2D eigenvalue weighted by Gasteiger charge is 2.20. The summed E-state index contributed by atoms with van der Waals surface area (Å²) in [6.45, 7) is 6.87. The summed E-state index contributed by atoms with van der Waals surface area (Å²) in [6.07, 6.45) is -0.0980. The Morgan fingerprint density at radius 1 is 1.03 bits per heavy atom. The van der Waals surface area contributed by atoms with Gasteiger partial charge in [0, 0.05) is 25.2 Å². The lowest BCUT2D eigenvalue weighted by atomic mass is 9.94. The highest BCUT2D eigenvalue weighted by Crippen LogP contribution is 2.21. The van der Waals surface area contributed by atoms with Gasteiger partial charge in [-0.15, -0.1) is 0 Å². The number of carbonyl (C=O) groups is 1. The van der Waals surface area contributed by atoms with E-state index in [1.807, 2.05) is 44.2 Å². The molecule has 0 aliphatic rings. The molecule has 0 aliphatic heterocycles. The maximum Gasteiger partial charge on any atom is 0.253 e. The van der Waals surface area contributed by atoms with E-state index in [4.69, 9.17) is 0 Å². The number of hydrogen-bond acceptors (Lipinski definition) is 4. The molecule has 0 fully saturated rings. The van der Waals surface area contributed by atoms with Crippen molar-refractivity contribution in [2.75, 3.05) is 19.6 Å². The number of nitrogens with one attached hydrogen (secondary N) is 1. The number of amides is 1.